The smallest absolute Gasteiger partial charge is 0.168 e. The molecule has 0 saturated carbocycles. The van der Waals surface area contributed by atoms with Crippen molar-refractivity contribution in [3.8, 4) is 5.75 Å². The minimum absolute atomic E-state index is 0.282. The van der Waals surface area contributed by atoms with E-state index in [1.54, 1.807) is 18.2 Å². The lowest BCUT2D eigenvalue weighted by atomic mass is 10.1. The Morgan fingerprint density at radius 2 is 1.78 bits per heavy atom. The highest BCUT2D eigenvalue weighted by atomic mass is 19.1. The van der Waals surface area contributed by atoms with Gasteiger partial charge in [-0.1, -0.05) is 42.5 Å². The summed E-state index contributed by atoms with van der Waals surface area (Å²) < 4.78 is 19.5. The Labute approximate surface area is 106 Å². The summed E-state index contributed by atoms with van der Waals surface area (Å²) in [5, 5.41) is 0. The number of nitrogens with two attached hydrogens (primary N) is 1. The van der Waals surface area contributed by atoms with Crippen LogP contribution in [0.25, 0.3) is 0 Å². The van der Waals surface area contributed by atoms with Crippen LogP contribution in [0.1, 0.15) is 11.1 Å². The summed E-state index contributed by atoms with van der Waals surface area (Å²) in [5.41, 5.74) is 7.05. The lowest BCUT2D eigenvalue weighted by molar-refractivity contribution is 0.289. The van der Waals surface area contributed by atoms with E-state index >= 15 is 0 Å². The highest BCUT2D eigenvalue weighted by Gasteiger charge is 2.08. The fourth-order valence-electron chi connectivity index (χ4n) is 1.75. The van der Waals surface area contributed by atoms with Crippen LogP contribution in [-0.2, 0) is 13.0 Å². The fraction of sp³-hybridized carbons (Fsp3) is 0.200. The maximum atomic E-state index is 14.0. The fourth-order valence-corrected chi connectivity index (χ4v) is 1.75. The number of rotatable bonds is 5. The van der Waals surface area contributed by atoms with Gasteiger partial charge in [-0.2, -0.15) is 0 Å². The summed E-state index contributed by atoms with van der Waals surface area (Å²) in [6.45, 7) is 0.795. The summed E-state index contributed by atoms with van der Waals surface area (Å²) in [6, 6.07) is 14.8. The van der Waals surface area contributed by atoms with Crippen molar-refractivity contribution < 1.29 is 9.13 Å². The highest BCUT2D eigenvalue weighted by Crippen LogP contribution is 2.21. The molecule has 2 aromatic rings. The highest BCUT2D eigenvalue weighted by molar-refractivity contribution is 5.31. The van der Waals surface area contributed by atoms with E-state index in [0.29, 0.717) is 25.1 Å². The van der Waals surface area contributed by atoms with E-state index in [1.165, 1.54) is 0 Å². The zero-order chi connectivity index (χ0) is 12.8. The number of hydrogen-bond donors (Lipinski definition) is 1. The van der Waals surface area contributed by atoms with E-state index in [-0.39, 0.29) is 11.6 Å². The molecule has 0 aliphatic rings. The van der Waals surface area contributed by atoms with Crippen LogP contribution < -0.4 is 10.5 Å². The van der Waals surface area contributed by atoms with Crippen molar-refractivity contribution in [3.63, 3.8) is 0 Å². The third-order valence-corrected chi connectivity index (χ3v) is 2.69. The molecule has 0 saturated heterocycles. The summed E-state index contributed by atoms with van der Waals surface area (Å²) in [7, 11) is 0. The SMILES string of the molecule is NCCc1cccc(OCc2ccccc2)c1F. The molecule has 0 bridgehead atoms. The first-order valence-corrected chi connectivity index (χ1v) is 5.95. The average Bonchev–Trinajstić information content (AvgIpc) is 2.41. The van der Waals surface area contributed by atoms with Gasteiger partial charge in [0.15, 0.2) is 11.6 Å². The summed E-state index contributed by atoms with van der Waals surface area (Å²) in [4.78, 5) is 0. The minimum Gasteiger partial charge on any atom is -0.486 e. The maximum absolute atomic E-state index is 14.0. The molecule has 0 unspecified atom stereocenters. The Bertz CT molecular complexity index is 499. The van der Waals surface area contributed by atoms with Crippen LogP contribution in [-0.4, -0.2) is 6.54 Å². The van der Waals surface area contributed by atoms with Gasteiger partial charge in [-0.05, 0) is 30.2 Å². The van der Waals surface area contributed by atoms with Crippen molar-refractivity contribution >= 4 is 0 Å². The normalized spacial score (nSPS) is 10.3. The van der Waals surface area contributed by atoms with Gasteiger partial charge in [-0.3, -0.25) is 0 Å². The van der Waals surface area contributed by atoms with Gasteiger partial charge >= 0.3 is 0 Å². The van der Waals surface area contributed by atoms with Gasteiger partial charge in [0, 0.05) is 0 Å². The topological polar surface area (TPSA) is 35.2 Å². The van der Waals surface area contributed by atoms with Crippen LogP contribution in [0.15, 0.2) is 48.5 Å². The van der Waals surface area contributed by atoms with Crippen molar-refractivity contribution in [1.82, 2.24) is 0 Å². The average molecular weight is 245 g/mol. The first-order chi connectivity index (χ1) is 8.81. The van der Waals surface area contributed by atoms with E-state index in [4.69, 9.17) is 10.5 Å². The molecule has 0 aromatic heterocycles. The molecule has 0 radical (unpaired) electrons. The molecule has 18 heavy (non-hydrogen) atoms. The van der Waals surface area contributed by atoms with E-state index in [1.807, 2.05) is 30.3 Å². The van der Waals surface area contributed by atoms with Gasteiger partial charge in [0.2, 0.25) is 0 Å². The monoisotopic (exact) mass is 245 g/mol. The van der Waals surface area contributed by atoms with Gasteiger partial charge in [0.05, 0.1) is 0 Å². The quantitative estimate of drug-likeness (QED) is 0.879. The molecule has 2 N–H and O–H groups in total. The molecule has 0 aliphatic carbocycles. The number of halogens is 1. The van der Waals surface area contributed by atoms with Crippen molar-refractivity contribution in [3.05, 3.63) is 65.5 Å². The summed E-state index contributed by atoms with van der Waals surface area (Å²) in [5.74, 6) is -0.0244. The van der Waals surface area contributed by atoms with Crippen LogP contribution in [0.5, 0.6) is 5.75 Å². The Morgan fingerprint density at radius 1 is 1.00 bits per heavy atom. The third kappa shape index (κ3) is 3.08. The largest absolute Gasteiger partial charge is 0.486 e. The molecule has 0 spiro atoms. The Hall–Kier alpha value is -1.87. The molecule has 0 heterocycles. The standard InChI is InChI=1S/C15H16FNO/c16-15-13(9-10-17)7-4-8-14(15)18-11-12-5-2-1-3-6-12/h1-8H,9-11,17H2. The van der Waals surface area contributed by atoms with Crippen molar-refractivity contribution in [1.29, 1.82) is 0 Å². The van der Waals surface area contributed by atoms with E-state index in [9.17, 15) is 4.39 Å². The molecule has 94 valence electrons. The lowest BCUT2D eigenvalue weighted by Gasteiger charge is -2.09. The summed E-state index contributed by atoms with van der Waals surface area (Å²) in [6.07, 6.45) is 0.522. The van der Waals surface area contributed by atoms with Crippen molar-refractivity contribution in [2.24, 2.45) is 5.73 Å². The second-order valence-corrected chi connectivity index (χ2v) is 4.04. The lowest BCUT2D eigenvalue weighted by Crippen LogP contribution is -2.06. The molecule has 2 aromatic carbocycles. The number of hydrogen-bond acceptors (Lipinski definition) is 2. The molecule has 2 rings (SSSR count). The minimum atomic E-state index is -0.307. The second kappa shape index (κ2) is 6.17. The summed E-state index contributed by atoms with van der Waals surface area (Å²) >= 11 is 0. The zero-order valence-electron chi connectivity index (χ0n) is 10.1. The number of ether oxygens (including phenoxy) is 1. The van der Waals surface area contributed by atoms with Gasteiger partial charge in [0.25, 0.3) is 0 Å². The van der Waals surface area contributed by atoms with Crippen LogP contribution in [0, 0.1) is 5.82 Å². The third-order valence-electron chi connectivity index (χ3n) is 2.69. The second-order valence-electron chi connectivity index (χ2n) is 4.04. The molecule has 0 amide bonds. The molecule has 3 heteroatoms. The van der Waals surface area contributed by atoms with Crippen LogP contribution in [0.3, 0.4) is 0 Å². The van der Waals surface area contributed by atoms with Crippen LogP contribution >= 0.6 is 0 Å². The van der Waals surface area contributed by atoms with E-state index in [0.717, 1.165) is 5.56 Å². The molecule has 0 atom stereocenters. The number of benzene rings is 2. The Balaban J connectivity index is 2.08. The van der Waals surface area contributed by atoms with Gasteiger partial charge < -0.3 is 10.5 Å². The molecule has 0 fully saturated rings. The Morgan fingerprint density at radius 3 is 2.50 bits per heavy atom. The van der Waals surface area contributed by atoms with E-state index < -0.39 is 0 Å². The molecule has 2 nitrogen and oxygen atoms in total. The van der Waals surface area contributed by atoms with Gasteiger partial charge in [-0.15, -0.1) is 0 Å². The zero-order valence-corrected chi connectivity index (χ0v) is 10.1. The molecular formula is C15H16FNO. The molecule has 0 aliphatic heterocycles. The predicted octanol–water partition coefficient (Wildman–Crippen LogP) is 2.91. The van der Waals surface area contributed by atoms with Gasteiger partial charge in [-0.25, -0.2) is 4.39 Å². The van der Waals surface area contributed by atoms with Gasteiger partial charge in [0.1, 0.15) is 6.61 Å². The first-order valence-electron chi connectivity index (χ1n) is 5.95. The van der Waals surface area contributed by atoms with Crippen molar-refractivity contribution in [2.45, 2.75) is 13.0 Å². The van der Waals surface area contributed by atoms with Crippen molar-refractivity contribution in [2.75, 3.05) is 6.54 Å². The predicted molar refractivity (Wildman–Crippen MR) is 69.9 cm³/mol. The van der Waals surface area contributed by atoms with Crippen LogP contribution in [0.2, 0.25) is 0 Å². The van der Waals surface area contributed by atoms with Crippen LogP contribution in [0.4, 0.5) is 4.39 Å². The molecular weight excluding hydrogens is 229 g/mol. The Kier molecular flexibility index (Phi) is 4.31. The first kappa shape index (κ1) is 12.6. The van der Waals surface area contributed by atoms with E-state index in [2.05, 4.69) is 0 Å². The maximum Gasteiger partial charge on any atom is 0.168 e.